The molecule has 1 aliphatic rings. The number of amides is 1. The number of carbonyl (C=O) groups excluding carboxylic acids is 1. The number of rotatable bonds is 4. The van der Waals surface area contributed by atoms with E-state index in [-0.39, 0.29) is 5.91 Å². The van der Waals surface area contributed by atoms with E-state index >= 15 is 0 Å². The summed E-state index contributed by atoms with van der Waals surface area (Å²) in [6.45, 7) is 0. The third kappa shape index (κ3) is 3.92. The Balaban J connectivity index is 1.64. The fraction of sp³-hybridized carbons (Fsp3) is 0.182. The Morgan fingerprint density at radius 2 is 2.11 bits per heavy atom. The number of nitrogens with zero attached hydrogens (tertiary/aromatic N) is 3. The van der Waals surface area contributed by atoms with Crippen LogP contribution in [-0.4, -0.2) is 22.1 Å². The van der Waals surface area contributed by atoms with E-state index < -0.39 is 0 Å². The molecule has 0 radical (unpaired) electrons. The number of hydrogen-bond acceptors (Lipinski definition) is 4. The second-order valence-electron chi connectivity index (χ2n) is 6.58. The minimum atomic E-state index is -0.235. The van der Waals surface area contributed by atoms with Crippen LogP contribution in [0.5, 0.6) is 0 Å². The molecular weight excluding hydrogens is 336 g/mol. The van der Waals surface area contributed by atoms with Crippen molar-refractivity contribution in [1.29, 1.82) is 0 Å². The Morgan fingerprint density at radius 3 is 2.93 bits per heavy atom. The van der Waals surface area contributed by atoms with Gasteiger partial charge in [0.05, 0.1) is 16.8 Å². The molecule has 1 aliphatic carbocycles. The van der Waals surface area contributed by atoms with Gasteiger partial charge < -0.3 is 0 Å². The summed E-state index contributed by atoms with van der Waals surface area (Å²) in [6, 6.07) is 13.2. The van der Waals surface area contributed by atoms with Gasteiger partial charge >= 0.3 is 0 Å². The van der Waals surface area contributed by atoms with Crippen LogP contribution in [0.25, 0.3) is 22.2 Å². The Labute approximate surface area is 157 Å². The number of hydrazone groups is 1. The fourth-order valence-electron chi connectivity index (χ4n) is 3.24. The minimum Gasteiger partial charge on any atom is -0.267 e. The molecule has 0 saturated carbocycles. The predicted molar refractivity (Wildman–Crippen MR) is 107 cm³/mol. The molecule has 1 amide bonds. The smallest absolute Gasteiger partial charge is 0.267 e. The summed E-state index contributed by atoms with van der Waals surface area (Å²) in [5.41, 5.74) is 5.59. The molecular formula is C22H20N4O. The maximum atomic E-state index is 12.8. The molecule has 2 aromatic heterocycles. The molecule has 0 bridgehead atoms. The van der Waals surface area contributed by atoms with Crippen molar-refractivity contribution in [2.75, 3.05) is 0 Å². The van der Waals surface area contributed by atoms with Gasteiger partial charge in [-0.3, -0.25) is 9.78 Å². The van der Waals surface area contributed by atoms with Gasteiger partial charge in [0.15, 0.2) is 0 Å². The number of para-hydroxylation sites is 1. The molecule has 0 fully saturated rings. The van der Waals surface area contributed by atoms with Gasteiger partial charge in [-0.1, -0.05) is 30.4 Å². The SMILES string of the molecule is O=C(N/N=C\[C@H]1CC=CCC1)c1cc(-c2cccnc2)nc2ccccc12. The highest BCUT2D eigenvalue weighted by Crippen LogP contribution is 2.24. The first-order valence-corrected chi connectivity index (χ1v) is 9.10. The van der Waals surface area contributed by atoms with Crippen molar-refractivity contribution < 1.29 is 4.79 Å². The van der Waals surface area contributed by atoms with E-state index in [0.717, 1.165) is 35.7 Å². The monoisotopic (exact) mass is 356 g/mol. The first kappa shape index (κ1) is 17.1. The van der Waals surface area contributed by atoms with Gasteiger partial charge in [0.2, 0.25) is 0 Å². The summed E-state index contributed by atoms with van der Waals surface area (Å²) < 4.78 is 0. The standard InChI is InChI=1S/C22H20N4O/c27-22(26-24-14-16-7-2-1-3-8-16)19-13-21(17-9-6-12-23-15-17)25-20-11-5-4-10-18(19)20/h1-2,4-6,9-16H,3,7-8H2,(H,26,27)/b24-14-/t16-/m0/s1. The van der Waals surface area contributed by atoms with Crippen LogP contribution in [0, 0.1) is 5.92 Å². The highest BCUT2D eigenvalue weighted by Gasteiger charge is 2.14. The Bertz CT molecular complexity index is 1010. The lowest BCUT2D eigenvalue weighted by atomic mass is 9.96. The third-order valence-corrected chi connectivity index (χ3v) is 4.68. The average molecular weight is 356 g/mol. The molecule has 0 unspecified atom stereocenters. The summed E-state index contributed by atoms with van der Waals surface area (Å²) in [5, 5.41) is 4.99. The number of fused-ring (bicyclic) bond motifs is 1. The highest BCUT2D eigenvalue weighted by molar-refractivity contribution is 6.07. The molecule has 3 aromatic rings. The zero-order chi connectivity index (χ0) is 18.5. The fourth-order valence-corrected chi connectivity index (χ4v) is 3.24. The highest BCUT2D eigenvalue weighted by atomic mass is 16.2. The van der Waals surface area contributed by atoms with Crippen LogP contribution in [0.4, 0.5) is 0 Å². The summed E-state index contributed by atoms with van der Waals surface area (Å²) in [4.78, 5) is 21.6. The summed E-state index contributed by atoms with van der Waals surface area (Å²) >= 11 is 0. The first-order valence-electron chi connectivity index (χ1n) is 9.10. The number of nitrogens with one attached hydrogen (secondary N) is 1. The predicted octanol–water partition coefficient (Wildman–Crippen LogP) is 4.37. The van der Waals surface area contributed by atoms with Crippen molar-refractivity contribution >= 4 is 23.0 Å². The quantitative estimate of drug-likeness (QED) is 0.429. The summed E-state index contributed by atoms with van der Waals surface area (Å²) in [6.07, 6.45) is 12.8. The van der Waals surface area contributed by atoms with Gasteiger partial charge in [0.1, 0.15) is 0 Å². The molecule has 1 aromatic carbocycles. The van der Waals surface area contributed by atoms with E-state index in [1.807, 2.05) is 42.6 Å². The van der Waals surface area contributed by atoms with Gasteiger partial charge in [-0.05, 0) is 49.4 Å². The van der Waals surface area contributed by atoms with Gasteiger partial charge in [0.25, 0.3) is 5.91 Å². The van der Waals surface area contributed by atoms with Gasteiger partial charge in [-0.2, -0.15) is 5.10 Å². The molecule has 5 nitrogen and oxygen atoms in total. The van der Waals surface area contributed by atoms with Gasteiger partial charge in [0, 0.05) is 29.6 Å². The molecule has 0 saturated heterocycles. The summed E-state index contributed by atoms with van der Waals surface area (Å²) in [5.74, 6) is 0.150. The van der Waals surface area contributed by atoms with Crippen molar-refractivity contribution in [3.63, 3.8) is 0 Å². The first-order chi connectivity index (χ1) is 13.3. The normalized spacial score (nSPS) is 16.7. The van der Waals surface area contributed by atoms with E-state index in [9.17, 15) is 4.79 Å². The van der Waals surface area contributed by atoms with Crippen molar-refractivity contribution in [3.05, 3.63) is 72.6 Å². The minimum absolute atomic E-state index is 0.235. The lowest BCUT2D eigenvalue weighted by Gasteiger charge is -2.12. The maximum Gasteiger partial charge on any atom is 0.272 e. The maximum absolute atomic E-state index is 12.8. The van der Waals surface area contributed by atoms with Gasteiger partial charge in [-0.15, -0.1) is 0 Å². The molecule has 0 spiro atoms. The zero-order valence-electron chi connectivity index (χ0n) is 14.9. The molecule has 4 rings (SSSR count). The number of pyridine rings is 2. The number of benzene rings is 1. The van der Waals surface area contributed by atoms with E-state index in [1.165, 1.54) is 0 Å². The molecule has 1 atom stereocenters. The van der Waals surface area contributed by atoms with Crippen LogP contribution >= 0.6 is 0 Å². The second-order valence-corrected chi connectivity index (χ2v) is 6.58. The number of aromatic nitrogens is 2. The number of carbonyl (C=O) groups is 1. The van der Waals surface area contributed by atoms with Crippen molar-refractivity contribution in [3.8, 4) is 11.3 Å². The average Bonchev–Trinajstić information content (AvgIpc) is 2.74. The summed E-state index contributed by atoms with van der Waals surface area (Å²) in [7, 11) is 0. The Kier molecular flexibility index (Phi) is 5.01. The lowest BCUT2D eigenvalue weighted by molar-refractivity contribution is 0.0956. The van der Waals surface area contributed by atoms with E-state index in [1.54, 1.807) is 18.5 Å². The molecule has 2 heterocycles. The van der Waals surface area contributed by atoms with Crippen molar-refractivity contribution in [1.82, 2.24) is 15.4 Å². The molecule has 5 heteroatoms. The van der Waals surface area contributed by atoms with E-state index in [2.05, 4.69) is 32.6 Å². The number of hydrogen-bond donors (Lipinski definition) is 1. The van der Waals surface area contributed by atoms with E-state index in [0.29, 0.717) is 17.2 Å². The van der Waals surface area contributed by atoms with Crippen molar-refractivity contribution in [2.45, 2.75) is 19.3 Å². The zero-order valence-corrected chi connectivity index (χ0v) is 14.9. The van der Waals surface area contributed by atoms with Crippen LogP contribution in [0.1, 0.15) is 29.6 Å². The second kappa shape index (κ2) is 7.91. The van der Waals surface area contributed by atoms with Gasteiger partial charge in [-0.25, -0.2) is 10.4 Å². The lowest BCUT2D eigenvalue weighted by Crippen LogP contribution is -2.19. The largest absolute Gasteiger partial charge is 0.272 e. The van der Waals surface area contributed by atoms with Crippen LogP contribution in [0.15, 0.2) is 72.1 Å². The van der Waals surface area contributed by atoms with Crippen LogP contribution in [0.3, 0.4) is 0 Å². The molecule has 0 aliphatic heterocycles. The van der Waals surface area contributed by atoms with Crippen LogP contribution in [-0.2, 0) is 0 Å². The van der Waals surface area contributed by atoms with Crippen molar-refractivity contribution in [2.24, 2.45) is 11.0 Å². The van der Waals surface area contributed by atoms with Crippen LogP contribution in [0.2, 0.25) is 0 Å². The Hall–Kier alpha value is -3.34. The molecule has 1 N–H and O–H groups in total. The molecule has 134 valence electrons. The Morgan fingerprint density at radius 1 is 1.19 bits per heavy atom. The van der Waals surface area contributed by atoms with E-state index in [4.69, 9.17) is 0 Å². The van der Waals surface area contributed by atoms with Crippen LogP contribution < -0.4 is 5.43 Å². The third-order valence-electron chi connectivity index (χ3n) is 4.68. The topological polar surface area (TPSA) is 67.2 Å². The molecule has 27 heavy (non-hydrogen) atoms. The number of allylic oxidation sites excluding steroid dienone is 2.